The second-order valence-electron chi connectivity index (χ2n) is 9.69. The second kappa shape index (κ2) is 6.00. The maximum atomic E-state index is 12.1. The summed E-state index contributed by atoms with van der Waals surface area (Å²) in [5.74, 6) is 3.52. The van der Waals surface area contributed by atoms with E-state index in [1.54, 1.807) is 0 Å². The second-order valence-corrected chi connectivity index (χ2v) is 9.69. The van der Waals surface area contributed by atoms with E-state index >= 15 is 0 Å². The van der Waals surface area contributed by atoms with Gasteiger partial charge in [0.15, 0.2) is 0 Å². The summed E-state index contributed by atoms with van der Waals surface area (Å²) in [6.07, 6.45) is 12.6. The molecule has 0 aromatic rings. The van der Waals surface area contributed by atoms with Crippen LogP contribution in [0.25, 0.3) is 0 Å². The maximum absolute atomic E-state index is 12.1. The van der Waals surface area contributed by atoms with Crippen molar-refractivity contribution in [2.75, 3.05) is 7.11 Å². The van der Waals surface area contributed by atoms with Crippen molar-refractivity contribution in [1.82, 2.24) is 5.32 Å². The number of fused-ring (bicyclic) bond motifs is 5. The molecule has 1 saturated heterocycles. The monoisotopic (exact) mass is 333 g/mol. The summed E-state index contributed by atoms with van der Waals surface area (Å²) >= 11 is 0. The summed E-state index contributed by atoms with van der Waals surface area (Å²) in [4.78, 5) is 12.1. The molecule has 0 aromatic heterocycles. The number of rotatable bonds is 1. The van der Waals surface area contributed by atoms with Crippen LogP contribution >= 0.6 is 0 Å². The minimum absolute atomic E-state index is 0.0572. The zero-order chi connectivity index (χ0) is 16.9. The molecule has 4 rings (SSSR count). The zero-order valence-corrected chi connectivity index (χ0v) is 15.8. The Hall–Kier alpha value is -0.570. The van der Waals surface area contributed by atoms with E-state index in [1.807, 2.05) is 7.11 Å². The standard InChI is InChI=1S/C21H35NO2/c1-20-11-9-15(24-3)13-14(20)7-8-16-17(20)10-12-21(2)18(16)5-4-6-19(23)22-21/h14-18H,4-13H2,1-3H3,(H,22,23)/t14-,15-,16+,17-,18-,20-,21-/m1/s1. The highest BCUT2D eigenvalue weighted by Crippen LogP contribution is 2.62. The third kappa shape index (κ3) is 2.53. The zero-order valence-electron chi connectivity index (χ0n) is 15.8. The first-order valence-corrected chi connectivity index (χ1v) is 10.3. The first-order valence-electron chi connectivity index (χ1n) is 10.3. The van der Waals surface area contributed by atoms with E-state index in [2.05, 4.69) is 19.2 Å². The van der Waals surface area contributed by atoms with Crippen LogP contribution in [-0.2, 0) is 9.53 Å². The summed E-state index contributed by atoms with van der Waals surface area (Å²) in [6, 6.07) is 0. The van der Waals surface area contributed by atoms with Gasteiger partial charge in [0.05, 0.1) is 6.10 Å². The molecule has 0 spiro atoms. The van der Waals surface area contributed by atoms with Gasteiger partial charge in [0.1, 0.15) is 0 Å². The van der Waals surface area contributed by atoms with Gasteiger partial charge in [-0.15, -0.1) is 0 Å². The number of hydrogen-bond acceptors (Lipinski definition) is 2. The van der Waals surface area contributed by atoms with Crippen LogP contribution in [0.15, 0.2) is 0 Å². The minimum Gasteiger partial charge on any atom is -0.381 e. The number of hydrogen-bond donors (Lipinski definition) is 1. The number of carbonyl (C=O) groups excluding carboxylic acids is 1. The van der Waals surface area contributed by atoms with Gasteiger partial charge >= 0.3 is 0 Å². The van der Waals surface area contributed by atoms with Gasteiger partial charge in [-0.2, -0.15) is 0 Å². The van der Waals surface area contributed by atoms with Crippen molar-refractivity contribution < 1.29 is 9.53 Å². The van der Waals surface area contributed by atoms with Gasteiger partial charge in [0.2, 0.25) is 5.91 Å². The smallest absolute Gasteiger partial charge is 0.220 e. The lowest BCUT2D eigenvalue weighted by Gasteiger charge is -2.61. The summed E-state index contributed by atoms with van der Waals surface area (Å²) in [6.45, 7) is 4.94. The molecule has 4 fully saturated rings. The first-order chi connectivity index (χ1) is 11.5. The predicted octanol–water partition coefficient (Wildman–Crippen LogP) is 4.30. The normalized spacial score (nSPS) is 51.6. The summed E-state index contributed by atoms with van der Waals surface area (Å²) in [7, 11) is 1.89. The molecular formula is C21H35NO2. The van der Waals surface area contributed by atoms with Crippen LogP contribution in [0.1, 0.15) is 78.1 Å². The molecule has 24 heavy (non-hydrogen) atoms. The van der Waals surface area contributed by atoms with Crippen LogP contribution in [0.4, 0.5) is 0 Å². The maximum Gasteiger partial charge on any atom is 0.220 e. The van der Waals surface area contributed by atoms with Gasteiger partial charge in [-0.25, -0.2) is 0 Å². The quantitative estimate of drug-likeness (QED) is 0.777. The van der Waals surface area contributed by atoms with Crippen molar-refractivity contribution in [1.29, 1.82) is 0 Å². The summed E-state index contributed by atoms with van der Waals surface area (Å²) in [5.41, 5.74) is 0.567. The molecule has 3 heteroatoms. The third-order valence-corrected chi connectivity index (χ3v) is 8.68. The van der Waals surface area contributed by atoms with E-state index < -0.39 is 0 Å². The number of nitrogens with one attached hydrogen (secondary N) is 1. The Kier molecular flexibility index (Phi) is 4.22. The average Bonchev–Trinajstić information content (AvgIpc) is 2.71. The van der Waals surface area contributed by atoms with E-state index in [1.165, 1.54) is 51.4 Å². The summed E-state index contributed by atoms with van der Waals surface area (Å²) < 4.78 is 5.70. The van der Waals surface area contributed by atoms with E-state index in [0.717, 1.165) is 30.6 Å². The van der Waals surface area contributed by atoms with Crippen LogP contribution in [0, 0.1) is 29.1 Å². The van der Waals surface area contributed by atoms with Crippen molar-refractivity contribution >= 4 is 5.91 Å². The lowest BCUT2D eigenvalue weighted by Crippen LogP contribution is -2.60. The summed E-state index contributed by atoms with van der Waals surface area (Å²) in [5, 5.41) is 3.43. The van der Waals surface area contributed by atoms with Gasteiger partial charge < -0.3 is 10.1 Å². The molecule has 1 aliphatic heterocycles. The lowest BCUT2D eigenvalue weighted by atomic mass is 9.45. The van der Waals surface area contributed by atoms with Crippen LogP contribution in [0.2, 0.25) is 0 Å². The van der Waals surface area contributed by atoms with Crippen molar-refractivity contribution in [3.05, 3.63) is 0 Å². The highest BCUT2D eigenvalue weighted by Gasteiger charge is 2.57. The van der Waals surface area contributed by atoms with E-state index in [4.69, 9.17) is 4.74 Å². The molecule has 1 heterocycles. The Labute approximate surface area is 147 Å². The van der Waals surface area contributed by atoms with Crippen molar-refractivity contribution in [3.63, 3.8) is 0 Å². The number of carbonyl (C=O) groups is 1. The molecule has 4 aliphatic rings. The Morgan fingerprint density at radius 1 is 1.04 bits per heavy atom. The van der Waals surface area contributed by atoms with Crippen molar-refractivity contribution in [3.8, 4) is 0 Å². The topological polar surface area (TPSA) is 38.3 Å². The molecule has 7 atom stereocenters. The highest BCUT2D eigenvalue weighted by atomic mass is 16.5. The third-order valence-electron chi connectivity index (χ3n) is 8.68. The Morgan fingerprint density at radius 3 is 2.67 bits per heavy atom. The van der Waals surface area contributed by atoms with E-state index in [0.29, 0.717) is 23.3 Å². The van der Waals surface area contributed by atoms with Crippen molar-refractivity contribution in [2.24, 2.45) is 29.1 Å². The molecule has 0 bridgehead atoms. The Balaban J connectivity index is 1.59. The van der Waals surface area contributed by atoms with Gasteiger partial charge in [0, 0.05) is 19.1 Å². The molecule has 0 unspecified atom stereocenters. The molecular weight excluding hydrogens is 298 g/mol. The first kappa shape index (κ1) is 16.9. The highest BCUT2D eigenvalue weighted by molar-refractivity contribution is 5.77. The molecule has 0 aromatic carbocycles. The van der Waals surface area contributed by atoms with Crippen LogP contribution in [0.5, 0.6) is 0 Å². The fourth-order valence-corrected chi connectivity index (χ4v) is 7.30. The Bertz CT molecular complexity index is 506. The van der Waals surface area contributed by atoms with Gasteiger partial charge in [-0.1, -0.05) is 6.92 Å². The molecule has 3 aliphatic carbocycles. The molecule has 136 valence electrons. The van der Waals surface area contributed by atoms with Gasteiger partial charge in [-0.3, -0.25) is 4.79 Å². The minimum atomic E-state index is 0.0572. The van der Waals surface area contributed by atoms with E-state index in [9.17, 15) is 4.79 Å². The van der Waals surface area contributed by atoms with Crippen molar-refractivity contribution in [2.45, 2.75) is 89.7 Å². The number of amides is 1. The number of methoxy groups -OCH3 is 1. The molecule has 3 saturated carbocycles. The average molecular weight is 334 g/mol. The molecule has 1 N–H and O–H groups in total. The predicted molar refractivity (Wildman–Crippen MR) is 95.6 cm³/mol. The fourth-order valence-electron chi connectivity index (χ4n) is 7.30. The van der Waals surface area contributed by atoms with Crippen LogP contribution in [0.3, 0.4) is 0 Å². The van der Waals surface area contributed by atoms with Gasteiger partial charge in [0.25, 0.3) is 0 Å². The van der Waals surface area contributed by atoms with Gasteiger partial charge in [-0.05, 0) is 93.8 Å². The Morgan fingerprint density at radius 2 is 1.88 bits per heavy atom. The van der Waals surface area contributed by atoms with Crippen LogP contribution in [-0.4, -0.2) is 24.7 Å². The lowest BCUT2D eigenvalue weighted by molar-refractivity contribution is -0.131. The fraction of sp³-hybridized carbons (Fsp3) is 0.952. The molecule has 3 nitrogen and oxygen atoms in total. The SMILES string of the molecule is CO[C@@H]1CC[C@]2(C)[C@H](CC[C@H]3[C@H]2CC[C@@]2(C)NC(=O)CCC[C@H]32)C1. The van der Waals surface area contributed by atoms with Crippen LogP contribution < -0.4 is 5.32 Å². The molecule has 0 radical (unpaired) electrons. The number of ether oxygens (including phenoxy) is 1. The largest absolute Gasteiger partial charge is 0.381 e. The van der Waals surface area contributed by atoms with E-state index in [-0.39, 0.29) is 5.54 Å². The molecule has 1 amide bonds.